The average molecular weight is 447 g/mol. The summed E-state index contributed by atoms with van der Waals surface area (Å²) in [6.45, 7) is 6.77. The van der Waals surface area contributed by atoms with E-state index in [-0.39, 0.29) is 22.8 Å². The SMILES string of the molecule is COc1cccc(NC(=O)c2c(Cl)cccc2CC(=O)C(C)NC(=O)OC(C)(C)C)c1. The predicted octanol–water partition coefficient (Wildman–Crippen LogP) is 4.63. The minimum Gasteiger partial charge on any atom is -0.497 e. The van der Waals surface area contributed by atoms with E-state index in [9.17, 15) is 14.4 Å². The second-order valence-electron chi connectivity index (χ2n) is 7.97. The third-order valence-corrected chi connectivity index (χ3v) is 4.55. The first kappa shape index (κ1) is 24.2. The van der Waals surface area contributed by atoms with Gasteiger partial charge in [-0.2, -0.15) is 0 Å². The van der Waals surface area contributed by atoms with Gasteiger partial charge in [-0.3, -0.25) is 9.59 Å². The normalized spacial score (nSPS) is 11.9. The van der Waals surface area contributed by atoms with Crippen molar-refractivity contribution in [3.8, 4) is 5.75 Å². The highest BCUT2D eigenvalue weighted by molar-refractivity contribution is 6.34. The van der Waals surface area contributed by atoms with Crippen molar-refractivity contribution >= 4 is 35.1 Å². The van der Waals surface area contributed by atoms with E-state index >= 15 is 0 Å². The van der Waals surface area contributed by atoms with Crippen LogP contribution in [0.3, 0.4) is 0 Å². The molecule has 8 heteroatoms. The van der Waals surface area contributed by atoms with Gasteiger partial charge in [0.15, 0.2) is 5.78 Å². The summed E-state index contributed by atoms with van der Waals surface area (Å²) in [7, 11) is 1.53. The molecule has 2 aromatic carbocycles. The van der Waals surface area contributed by atoms with E-state index in [0.29, 0.717) is 17.0 Å². The fraction of sp³-hybridized carbons (Fsp3) is 0.348. The van der Waals surface area contributed by atoms with Crippen LogP contribution in [0.1, 0.15) is 43.6 Å². The monoisotopic (exact) mass is 446 g/mol. The molecule has 1 atom stereocenters. The summed E-state index contributed by atoms with van der Waals surface area (Å²) < 4.78 is 10.3. The molecule has 31 heavy (non-hydrogen) atoms. The third kappa shape index (κ3) is 7.29. The maximum Gasteiger partial charge on any atom is 0.408 e. The number of carbonyl (C=O) groups excluding carboxylic acids is 3. The lowest BCUT2D eigenvalue weighted by Gasteiger charge is -2.21. The number of halogens is 1. The molecular weight excluding hydrogens is 420 g/mol. The lowest BCUT2D eigenvalue weighted by atomic mass is 9.99. The number of benzene rings is 2. The summed E-state index contributed by atoms with van der Waals surface area (Å²) in [4.78, 5) is 37.5. The Morgan fingerprint density at radius 1 is 1.10 bits per heavy atom. The van der Waals surface area contributed by atoms with E-state index in [1.54, 1.807) is 70.2 Å². The number of amides is 2. The first-order valence-electron chi connectivity index (χ1n) is 9.75. The van der Waals surface area contributed by atoms with Gasteiger partial charge in [0.2, 0.25) is 0 Å². The summed E-state index contributed by atoms with van der Waals surface area (Å²) >= 11 is 6.28. The van der Waals surface area contributed by atoms with Gasteiger partial charge in [0, 0.05) is 18.2 Å². The number of nitrogens with one attached hydrogen (secondary N) is 2. The Kier molecular flexibility index (Phi) is 8.05. The molecule has 0 aliphatic rings. The van der Waals surface area contributed by atoms with Crippen LogP contribution in [0.25, 0.3) is 0 Å². The molecule has 0 spiro atoms. The van der Waals surface area contributed by atoms with Crippen LogP contribution in [-0.2, 0) is 16.0 Å². The number of ether oxygens (including phenoxy) is 2. The van der Waals surface area contributed by atoms with Crippen molar-refractivity contribution < 1.29 is 23.9 Å². The standard InChI is InChI=1S/C23H27ClN2O5/c1-14(25-22(29)31-23(2,3)4)19(27)12-15-8-6-11-18(24)20(15)21(28)26-16-9-7-10-17(13-16)30-5/h6-11,13-14H,12H2,1-5H3,(H,25,29)(H,26,28). The van der Waals surface area contributed by atoms with Crippen LogP contribution >= 0.6 is 11.6 Å². The minimum absolute atomic E-state index is 0.0849. The Balaban J connectivity index is 2.15. The van der Waals surface area contributed by atoms with Crippen molar-refractivity contribution in [1.29, 1.82) is 0 Å². The van der Waals surface area contributed by atoms with Gasteiger partial charge in [-0.05, 0) is 51.5 Å². The summed E-state index contributed by atoms with van der Waals surface area (Å²) in [5.74, 6) is -0.146. The number of anilines is 1. The highest BCUT2D eigenvalue weighted by Crippen LogP contribution is 2.24. The van der Waals surface area contributed by atoms with Gasteiger partial charge in [0.1, 0.15) is 11.4 Å². The van der Waals surface area contributed by atoms with Gasteiger partial charge in [0.05, 0.1) is 23.7 Å². The van der Waals surface area contributed by atoms with Gasteiger partial charge in [0.25, 0.3) is 5.91 Å². The van der Waals surface area contributed by atoms with Crippen molar-refractivity contribution in [3.63, 3.8) is 0 Å². The largest absolute Gasteiger partial charge is 0.497 e. The Hall–Kier alpha value is -3.06. The zero-order valence-electron chi connectivity index (χ0n) is 18.2. The molecule has 0 heterocycles. The van der Waals surface area contributed by atoms with Gasteiger partial charge in [-0.25, -0.2) is 4.79 Å². The Morgan fingerprint density at radius 3 is 2.42 bits per heavy atom. The lowest BCUT2D eigenvalue weighted by molar-refractivity contribution is -0.120. The van der Waals surface area contributed by atoms with Crippen molar-refractivity contribution in [2.45, 2.75) is 45.8 Å². The first-order valence-corrected chi connectivity index (χ1v) is 10.1. The lowest BCUT2D eigenvalue weighted by Crippen LogP contribution is -2.42. The van der Waals surface area contributed by atoms with Crippen molar-refractivity contribution in [2.24, 2.45) is 0 Å². The highest BCUT2D eigenvalue weighted by Gasteiger charge is 2.23. The van der Waals surface area contributed by atoms with Crippen LogP contribution in [0.4, 0.5) is 10.5 Å². The Labute approximate surface area is 187 Å². The summed E-state index contributed by atoms with van der Waals surface area (Å²) in [5, 5.41) is 5.51. The third-order valence-electron chi connectivity index (χ3n) is 4.24. The maximum absolute atomic E-state index is 12.9. The quantitative estimate of drug-likeness (QED) is 0.646. The molecule has 2 rings (SSSR count). The van der Waals surface area contributed by atoms with Gasteiger partial charge < -0.3 is 20.1 Å². The molecule has 2 N–H and O–H groups in total. The zero-order valence-corrected chi connectivity index (χ0v) is 19.0. The molecule has 0 aromatic heterocycles. The van der Waals surface area contributed by atoms with Crippen molar-refractivity contribution in [2.75, 3.05) is 12.4 Å². The molecule has 0 aliphatic carbocycles. The zero-order chi connectivity index (χ0) is 23.2. The number of rotatable bonds is 7. The molecular formula is C23H27ClN2O5. The van der Waals surface area contributed by atoms with E-state index in [0.717, 1.165) is 0 Å². The van der Waals surface area contributed by atoms with Gasteiger partial charge in [-0.15, -0.1) is 0 Å². The van der Waals surface area contributed by atoms with Crippen LogP contribution in [0.5, 0.6) is 5.75 Å². The second-order valence-corrected chi connectivity index (χ2v) is 8.38. The number of alkyl carbamates (subject to hydrolysis) is 1. The molecule has 0 saturated carbocycles. The van der Waals surface area contributed by atoms with Crippen LogP contribution in [0, 0.1) is 0 Å². The topological polar surface area (TPSA) is 93.7 Å². The molecule has 2 aromatic rings. The summed E-state index contributed by atoms with van der Waals surface area (Å²) in [5.41, 5.74) is 0.507. The highest BCUT2D eigenvalue weighted by atomic mass is 35.5. The van der Waals surface area contributed by atoms with Crippen LogP contribution in [-0.4, -0.2) is 36.5 Å². The van der Waals surface area contributed by atoms with Crippen LogP contribution < -0.4 is 15.4 Å². The minimum atomic E-state index is -0.803. The average Bonchev–Trinajstić information content (AvgIpc) is 2.66. The van der Waals surface area contributed by atoms with Crippen LogP contribution in [0.2, 0.25) is 5.02 Å². The smallest absolute Gasteiger partial charge is 0.408 e. The summed E-state index contributed by atoms with van der Waals surface area (Å²) in [6, 6.07) is 11.0. The number of methoxy groups -OCH3 is 1. The maximum atomic E-state index is 12.9. The van der Waals surface area contributed by atoms with Crippen molar-refractivity contribution in [3.05, 3.63) is 58.6 Å². The number of hydrogen-bond acceptors (Lipinski definition) is 5. The molecule has 7 nitrogen and oxygen atoms in total. The fourth-order valence-electron chi connectivity index (χ4n) is 2.77. The van der Waals surface area contributed by atoms with Crippen molar-refractivity contribution in [1.82, 2.24) is 5.32 Å². The molecule has 0 fully saturated rings. The number of ketones is 1. The molecule has 2 amide bonds. The predicted molar refractivity (Wildman–Crippen MR) is 120 cm³/mol. The molecule has 0 aliphatic heterocycles. The molecule has 0 bridgehead atoms. The van der Waals surface area contributed by atoms with Gasteiger partial charge in [-0.1, -0.05) is 29.8 Å². The summed E-state index contributed by atoms with van der Waals surface area (Å²) in [6.07, 6.45) is -0.770. The fourth-order valence-corrected chi connectivity index (χ4v) is 3.05. The van der Waals surface area contributed by atoms with E-state index in [1.807, 2.05) is 0 Å². The Bertz CT molecular complexity index is 969. The number of carbonyl (C=O) groups is 3. The van der Waals surface area contributed by atoms with E-state index < -0.39 is 23.6 Å². The van der Waals surface area contributed by atoms with E-state index in [1.165, 1.54) is 7.11 Å². The number of hydrogen-bond donors (Lipinski definition) is 2. The Morgan fingerprint density at radius 2 is 1.77 bits per heavy atom. The van der Waals surface area contributed by atoms with Gasteiger partial charge >= 0.3 is 6.09 Å². The molecule has 1 unspecified atom stereocenters. The van der Waals surface area contributed by atoms with E-state index in [4.69, 9.17) is 21.1 Å². The van der Waals surface area contributed by atoms with E-state index in [2.05, 4.69) is 10.6 Å². The number of Topliss-reactive ketones (excluding diaryl/α,β-unsaturated/α-hetero) is 1. The van der Waals surface area contributed by atoms with Crippen LogP contribution in [0.15, 0.2) is 42.5 Å². The molecule has 0 radical (unpaired) electrons. The second kappa shape index (κ2) is 10.3. The molecule has 0 saturated heterocycles. The molecule has 166 valence electrons. The first-order chi connectivity index (χ1) is 14.5.